The van der Waals surface area contributed by atoms with Crippen LogP contribution in [0.2, 0.25) is 0 Å². The lowest BCUT2D eigenvalue weighted by Crippen LogP contribution is -2.34. The Morgan fingerprint density at radius 2 is 1.88 bits per heavy atom. The summed E-state index contributed by atoms with van der Waals surface area (Å²) in [4.78, 5) is 8.23. The molecule has 0 bridgehead atoms. The van der Waals surface area contributed by atoms with Gasteiger partial charge in [-0.3, -0.25) is 4.68 Å². The van der Waals surface area contributed by atoms with Crippen molar-refractivity contribution in [3.8, 4) is 27.8 Å². The van der Waals surface area contributed by atoms with Gasteiger partial charge in [-0.05, 0) is 51.4 Å². The maximum Gasteiger partial charge on any atom is 0.183 e. The standard InChI is InChI=1S/C24H33N5O3S/c1-16-23(19-8-10-29(27-19)15-17-7-6-9-28(2)14-17)33-24(26-16)25-13-18-11-21(31-4)22(32-5)12-20(18)30-3/h8,10-12,17H,6-7,9,13-15H2,1-5H3,(H,25,26). The molecule has 1 aliphatic rings. The van der Waals surface area contributed by atoms with Gasteiger partial charge in [0.2, 0.25) is 0 Å². The number of hydrogen-bond donors (Lipinski definition) is 1. The topological polar surface area (TPSA) is 73.7 Å². The molecule has 1 aliphatic heterocycles. The minimum Gasteiger partial charge on any atom is -0.496 e. The highest BCUT2D eigenvalue weighted by Gasteiger charge is 2.19. The fourth-order valence-corrected chi connectivity index (χ4v) is 5.31. The lowest BCUT2D eigenvalue weighted by molar-refractivity contribution is 0.191. The molecule has 33 heavy (non-hydrogen) atoms. The van der Waals surface area contributed by atoms with Gasteiger partial charge in [-0.15, -0.1) is 0 Å². The van der Waals surface area contributed by atoms with Gasteiger partial charge in [0.15, 0.2) is 16.6 Å². The van der Waals surface area contributed by atoms with Gasteiger partial charge < -0.3 is 24.4 Å². The van der Waals surface area contributed by atoms with Crippen LogP contribution in [0.15, 0.2) is 24.4 Å². The second kappa shape index (κ2) is 10.4. The Morgan fingerprint density at radius 3 is 2.61 bits per heavy atom. The summed E-state index contributed by atoms with van der Waals surface area (Å²) in [5.41, 5.74) is 2.92. The van der Waals surface area contributed by atoms with Crippen LogP contribution in [0.5, 0.6) is 17.2 Å². The normalized spacial score (nSPS) is 16.6. The Hall–Kier alpha value is -2.78. The van der Waals surface area contributed by atoms with E-state index in [1.165, 1.54) is 19.4 Å². The summed E-state index contributed by atoms with van der Waals surface area (Å²) in [6, 6.07) is 5.86. The van der Waals surface area contributed by atoms with Crippen molar-refractivity contribution in [3.63, 3.8) is 0 Å². The van der Waals surface area contributed by atoms with Crippen LogP contribution in [0, 0.1) is 12.8 Å². The van der Waals surface area contributed by atoms with Gasteiger partial charge in [0, 0.05) is 37.5 Å². The van der Waals surface area contributed by atoms with Gasteiger partial charge >= 0.3 is 0 Å². The molecule has 0 amide bonds. The highest BCUT2D eigenvalue weighted by atomic mass is 32.1. The summed E-state index contributed by atoms with van der Waals surface area (Å²) < 4.78 is 18.4. The van der Waals surface area contributed by atoms with E-state index >= 15 is 0 Å². The minimum absolute atomic E-state index is 0.555. The Kier molecular flexibility index (Phi) is 7.39. The highest BCUT2D eigenvalue weighted by Crippen LogP contribution is 2.36. The number of anilines is 1. The molecule has 2 aromatic heterocycles. The van der Waals surface area contributed by atoms with Gasteiger partial charge in [0.05, 0.1) is 31.9 Å². The lowest BCUT2D eigenvalue weighted by Gasteiger charge is -2.29. The van der Waals surface area contributed by atoms with Crippen molar-refractivity contribution in [2.24, 2.45) is 5.92 Å². The van der Waals surface area contributed by atoms with Crippen molar-refractivity contribution in [1.82, 2.24) is 19.7 Å². The fourth-order valence-electron chi connectivity index (χ4n) is 4.38. The smallest absolute Gasteiger partial charge is 0.183 e. The van der Waals surface area contributed by atoms with Crippen LogP contribution >= 0.6 is 11.3 Å². The zero-order chi connectivity index (χ0) is 23.4. The molecular formula is C24H33N5O3S. The van der Waals surface area contributed by atoms with Crippen LogP contribution in [0.25, 0.3) is 10.6 Å². The lowest BCUT2D eigenvalue weighted by atomic mass is 9.99. The summed E-state index contributed by atoms with van der Waals surface area (Å²) in [6.45, 7) is 5.89. The minimum atomic E-state index is 0.555. The van der Waals surface area contributed by atoms with Gasteiger partial charge in [0.25, 0.3) is 0 Å². The second-order valence-corrected chi connectivity index (χ2v) is 9.50. The van der Waals surface area contributed by atoms with Crippen molar-refractivity contribution in [3.05, 3.63) is 35.7 Å². The molecule has 3 aromatic rings. The average Bonchev–Trinajstić information content (AvgIpc) is 3.42. The summed E-state index contributed by atoms with van der Waals surface area (Å²) in [7, 11) is 7.10. The van der Waals surface area contributed by atoms with Crippen LogP contribution < -0.4 is 19.5 Å². The van der Waals surface area contributed by atoms with E-state index in [9.17, 15) is 0 Å². The third-order valence-electron chi connectivity index (χ3n) is 6.05. The quantitative estimate of drug-likeness (QED) is 0.499. The van der Waals surface area contributed by atoms with Crippen molar-refractivity contribution in [2.75, 3.05) is 46.8 Å². The van der Waals surface area contributed by atoms with Gasteiger partial charge in [-0.1, -0.05) is 11.3 Å². The summed E-state index contributed by atoms with van der Waals surface area (Å²) in [5, 5.41) is 9.13. The number of benzene rings is 1. The van der Waals surface area contributed by atoms with Gasteiger partial charge in [0.1, 0.15) is 11.4 Å². The monoisotopic (exact) mass is 471 g/mol. The Balaban J connectivity index is 1.45. The second-order valence-electron chi connectivity index (χ2n) is 8.50. The summed E-state index contributed by atoms with van der Waals surface area (Å²) in [5.74, 6) is 2.70. The Morgan fingerprint density at radius 1 is 1.12 bits per heavy atom. The molecule has 0 saturated carbocycles. The Bertz CT molecular complexity index is 1080. The molecule has 4 rings (SSSR count). The number of aryl methyl sites for hydroxylation is 1. The van der Waals surface area contributed by atoms with Gasteiger partial charge in [-0.25, -0.2) is 4.98 Å². The van der Waals surface area contributed by atoms with Crippen molar-refractivity contribution in [2.45, 2.75) is 32.9 Å². The molecule has 1 atom stereocenters. The molecular weight excluding hydrogens is 438 g/mol. The summed E-state index contributed by atoms with van der Waals surface area (Å²) >= 11 is 1.62. The van der Waals surface area contributed by atoms with Crippen molar-refractivity contribution in [1.29, 1.82) is 0 Å². The first-order chi connectivity index (χ1) is 16.0. The molecule has 9 heteroatoms. The molecule has 0 aliphatic carbocycles. The van der Waals surface area contributed by atoms with Crippen LogP contribution in [0.4, 0.5) is 5.13 Å². The van der Waals surface area contributed by atoms with E-state index in [1.807, 2.05) is 19.1 Å². The maximum absolute atomic E-state index is 5.54. The molecule has 1 N–H and O–H groups in total. The molecule has 1 unspecified atom stereocenters. The Labute approximate surface area is 199 Å². The first-order valence-electron chi connectivity index (χ1n) is 11.2. The molecule has 1 saturated heterocycles. The number of aromatic nitrogens is 3. The van der Waals surface area contributed by atoms with E-state index in [2.05, 4.69) is 34.2 Å². The zero-order valence-electron chi connectivity index (χ0n) is 20.1. The number of ether oxygens (including phenoxy) is 3. The molecule has 0 spiro atoms. The number of rotatable bonds is 9. The summed E-state index contributed by atoms with van der Waals surface area (Å²) in [6.07, 6.45) is 4.63. The number of likely N-dealkylation sites (tertiary alicyclic amines) is 1. The maximum atomic E-state index is 5.54. The average molecular weight is 472 g/mol. The third-order valence-corrected chi connectivity index (χ3v) is 7.19. The number of hydrogen-bond acceptors (Lipinski definition) is 8. The molecule has 8 nitrogen and oxygen atoms in total. The third kappa shape index (κ3) is 5.42. The van der Waals surface area contributed by atoms with Crippen molar-refractivity contribution < 1.29 is 14.2 Å². The van der Waals surface area contributed by atoms with E-state index in [0.717, 1.165) is 45.8 Å². The molecule has 0 radical (unpaired) electrons. The first kappa shape index (κ1) is 23.4. The first-order valence-corrected chi connectivity index (χ1v) is 12.0. The molecule has 178 valence electrons. The number of nitrogens with zero attached hydrogens (tertiary/aromatic N) is 4. The van der Waals surface area contributed by atoms with E-state index in [4.69, 9.17) is 24.3 Å². The van der Waals surface area contributed by atoms with E-state index < -0.39 is 0 Å². The number of methoxy groups -OCH3 is 3. The number of thiazole rings is 1. The fraction of sp³-hybridized carbons (Fsp3) is 0.500. The van der Waals surface area contributed by atoms with E-state index in [-0.39, 0.29) is 0 Å². The van der Waals surface area contributed by atoms with Crippen LogP contribution in [0.1, 0.15) is 24.1 Å². The van der Waals surface area contributed by atoms with Crippen molar-refractivity contribution >= 4 is 16.5 Å². The van der Waals surface area contributed by atoms with Crippen LogP contribution in [-0.2, 0) is 13.1 Å². The van der Waals surface area contributed by atoms with Gasteiger partial charge in [-0.2, -0.15) is 5.10 Å². The number of nitrogens with one attached hydrogen (secondary N) is 1. The van der Waals surface area contributed by atoms with E-state index in [1.54, 1.807) is 32.7 Å². The number of piperidine rings is 1. The molecule has 1 fully saturated rings. The largest absolute Gasteiger partial charge is 0.496 e. The zero-order valence-corrected chi connectivity index (χ0v) is 20.9. The molecule has 3 heterocycles. The SMILES string of the molecule is COc1cc(OC)c(OC)cc1CNc1nc(C)c(-c2ccn(CC3CCCN(C)C3)n2)s1. The highest BCUT2D eigenvalue weighted by molar-refractivity contribution is 7.19. The van der Waals surface area contributed by atoms with Crippen LogP contribution in [-0.4, -0.2) is 61.1 Å². The van der Waals surface area contributed by atoms with E-state index in [0.29, 0.717) is 24.0 Å². The van der Waals surface area contributed by atoms with Crippen LogP contribution in [0.3, 0.4) is 0 Å². The predicted molar refractivity (Wildman–Crippen MR) is 132 cm³/mol. The predicted octanol–water partition coefficient (Wildman–Crippen LogP) is 4.29. The molecule has 1 aromatic carbocycles.